The van der Waals surface area contributed by atoms with Crippen molar-refractivity contribution in [2.45, 2.75) is 31.4 Å². The molecule has 2 aliphatic rings. The minimum atomic E-state index is -0.993. The second-order valence-corrected chi connectivity index (χ2v) is 6.29. The van der Waals surface area contributed by atoms with Crippen LogP contribution in [0.1, 0.15) is 25.3 Å². The number of piperidine rings is 1. The maximum absolute atomic E-state index is 12.8. The van der Waals surface area contributed by atoms with Gasteiger partial charge in [0.25, 0.3) is 5.91 Å². The molecule has 3 rings (SSSR count). The molecule has 2 heterocycles. The summed E-state index contributed by atoms with van der Waals surface area (Å²) in [6.45, 7) is 3.66. The highest BCUT2D eigenvalue weighted by atomic mass is 16.3. The minimum Gasteiger partial charge on any atom is -0.393 e. The molecule has 0 bridgehead atoms. The van der Waals surface area contributed by atoms with Gasteiger partial charge in [0.1, 0.15) is 5.54 Å². The Bertz CT molecular complexity index is 569. The third kappa shape index (κ3) is 2.60. The highest BCUT2D eigenvalue weighted by Gasteiger charge is 2.50. The van der Waals surface area contributed by atoms with Gasteiger partial charge in [0, 0.05) is 12.8 Å². The lowest BCUT2D eigenvalue weighted by atomic mass is 9.92. The van der Waals surface area contributed by atoms with Gasteiger partial charge >= 0.3 is 6.03 Å². The lowest BCUT2D eigenvalue weighted by molar-refractivity contribution is -0.913. The summed E-state index contributed by atoms with van der Waals surface area (Å²) in [5.74, 6) is -0.206. The monoisotopic (exact) mass is 304 g/mol. The van der Waals surface area contributed by atoms with Crippen molar-refractivity contribution >= 4 is 11.9 Å². The predicted octanol–water partition coefficient (Wildman–Crippen LogP) is -0.549. The van der Waals surface area contributed by atoms with Crippen LogP contribution < -0.4 is 10.2 Å². The van der Waals surface area contributed by atoms with Crippen molar-refractivity contribution < 1.29 is 19.6 Å². The van der Waals surface area contributed by atoms with E-state index in [1.54, 1.807) is 6.92 Å². The smallest absolute Gasteiger partial charge is 0.329 e. The summed E-state index contributed by atoms with van der Waals surface area (Å²) in [5, 5.41) is 12.4. The summed E-state index contributed by atoms with van der Waals surface area (Å²) < 4.78 is 0. The first kappa shape index (κ1) is 15.0. The molecule has 0 aliphatic carbocycles. The highest BCUT2D eigenvalue weighted by Crippen LogP contribution is 2.27. The summed E-state index contributed by atoms with van der Waals surface area (Å²) in [6.07, 6.45) is 1.19. The number of carbonyl (C=O) groups is 2. The number of hydrogen-bond acceptors (Lipinski definition) is 3. The molecule has 0 saturated carbocycles. The fourth-order valence-electron chi connectivity index (χ4n) is 3.20. The standard InChI is InChI=1S/C16H21N3O3/c1-16(12-5-3-2-4-6-12)14(21)19(15(22)17-16)11-18-9-7-13(20)8-10-18/h2-6,13,20H,7-11H2,1H3,(H,17,22)/p+1/t16-/m0/s1. The number of aliphatic hydroxyl groups excluding tert-OH is 1. The average Bonchev–Trinajstić information content (AvgIpc) is 2.75. The molecule has 6 heteroatoms. The average molecular weight is 304 g/mol. The molecule has 0 aromatic heterocycles. The molecule has 0 radical (unpaired) electrons. The number of quaternary nitrogens is 1. The number of nitrogens with zero attached hydrogens (tertiary/aromatic N) is 1. The van der Waals surface area contributed by atoms with E-state index in [1.807, 2.05) is 30.3 Å². The van der Waals surface area contributed by atoms with Crippen LogP contribution in [0.2, 0.25) is 0 Å². The summed E-state index contributed by atoms with van der Waals surface area (Å²) in [6, 6.07) is 8.97. The lowest BCUT2D eigenvalue weighted by Crippen LogP contribution is -3.14. The van der Waals surface area contributed by atoms with E-state index in [1.165, 1.54) is 4.90 Å². The molecule has 22 heavy (non-hydrogen) atoms. The highest BCUT2D eigenvalue weighted by molar-refractivity contribution is 6.07. The van der Waals surface area contributed by atoms with Crippen LogP contribution in [-0.4, -0.2) is 47.8 Å². The van der Waals surface area contributed by atoms with Crippen molar-refractivity contribution in [3.63, 3.8) is 0 Å². The molecule has 2 aliphatic heterocycles. The molecule has 3 N–H and O–H groups in total. The first-order valence-corrected chi connectivity index (χ1v) is 7.72. The normalized spacial score (nSPS) is 32.2. The van der Waals surface area contributed by atoms with Crippen molar-refractivity contribution in [2.75, 3.05) is 19.8 Å². The van der Waals surface area contributed by atoms with Crippen molar-refractivity contribution in [1.82, 2.24) is 10.2 Å². The molecule has 3 amide bonds. The first-order valence-electron chi connectivity index (χ1n) is 7.72. The Morgan fingerprint density at radius 1 is 1.27 bits per heavy atom. The van der Waals surface area contributed by atoms with Crippen LogP contribution in [0.25, 0.3) is 0 Å². The molecule has 1 atom stereocenters. The van der Waals surface area contributed by atoms with Crippen LogP contribution in [-0.2, 0) is 10.3 Å². The van der Waals surface area contributed by atoms with Crippen LogP contribution >= 0.6 is 0 Å². The number of benzene rings is 1. The molecule has 2 saturated heterocycles. The van der Waals surface area contributed by atoms with E-state index in [0.29, 0.717) is 6.67 Å². The summed E-state index contributed by atoms with van der Waals surface area (Å²) in [5.41, 5.74) is -0.201. The van der Waals surface area contributed by atoms with E-state index < -0.39 is 5.54 Å². The summed E-state index contributed by atoms with van der Waals surface area (Å²) in [7, 11) is 0. The van der Waals surface area contributed by atoms with Crippen LogP contribution in [0.15, 0.2) is 30.3 Å². The number of amides is 3. The lowest BCUT2D eigenvalue weighted by Gasteiger charge is -2.29. The van der Waals surface area contributed by atoms with Gasteiger partial charge in [-0.05, 0) is 12.5 Å². The fraction of sp³-hybridized carbons (Fsp3) is 0.500. The molecule has 1 aromatic carbocycles. The molecule has 1 aromatic rings. The van der Waals surface area contributed by atoms with E-state index in [-0.39, 0.29) is 18.0 Å². The largest absolute Gasteiger partial charge is 0.393 e. The Balaban J connectivity index is 1.74. The molecule has 118 valence electrons. The molecule has 2 fully saturated rings. The Labute approximate surface area is 129 Å². The number of imide groups is 1. The van der Waals surface area contributed by atoms with Gasteiger partial charge in [0.15, 0.2) is 6.67 Å². The van der Waals surface area contributed by atoms with Crippen molar-refractivity contribution in [1.29, 1.82) is 0 Å². The number of nitrogens with one attached hydrogen (secondary N) is 2. The number of carbonyl (C=O) groups excluding carboxylic acids is 2. The number of likely N-dealkylation sites (tertiary alicyclic amines) is 1. The van der Waals surface area contributed by atoms with E-state index in [4.69, 9.17) is 0 Å². The van der Waals surface area contributed by atoms with Gasteiger partial charge in [-0.2, -0.15) is 0 Å². The zero-order valence-corrected chi connectivity index (χ0v) is 12.7. The van der Waals surface area contributed by atoms with E-state index in [9.17, 15) is 14.7 Å². The molecular weight excluding hydrogens is 282 g/mol. The van der Waals surface area contributed by atoms with Gasteiger partial charge in [-0.3, -0.25) is 4.79 Å². The van der Waals surface area contributed by atoms with Crippen LogP contribution in [0, 0.1) is 0 Å². The van der Waals surface area contributed by atoms with Gasteiger partial charge in [0.05, 0.1) is 19.2 Å². The molecular formula is C16H22N3O3+. The fourth-order valence-corrected chi connectivity index (χ4v) is 3.20. The maximum Gasteiger partial charge on any atom is 0.329 e. The second-order valence-electron chi connectivity index (χ2n) is 6.29. The Hall–Kier alpha value is -1.92. The quantitative estimate of drug-likeness (QED) is 0.656. The summed E-state index contributed by atoms with van der Waals surface area (Å²) >= 11 is 0. The molecule has 0 unspecified atom stereocenters. The van der Waals surface area contributed by atoms with Gasteiger partial charge in [-0.25, -0.2) is 9.69 Å². The van der Waals surface area contributed by atoms with Gasteiger partial charge in [-0.15, -0.1) is 0 Å². The Morgan fingerprint density at radius 2 is 1.91 bits per heavy atom. The van der Waals surface area contributed by atoms with Crippen LogP contribution in [0.4, 0.5) is 4.79 Å². The van der Waals surface area contributed by atoms with Crippen molar-refractivity contribution in [3.8, 4) is 0 Å². The molecule has 6 nitrogen and oxygen atoms in total. The number of rotatable bonds is 3. The Kier molecular flexibility index (Phi) is 3.88. The maximum atomic E-state index is 12.8. The SMILES string of the molecule is C[C@@]1(c2ccccc2)NC(=O)N(C[NH+]2CCC(O)CC2)C1=O. The minimum absolute atomic E-state index is 0.206. The van der Waals surface area contributed by atoms with E-state index >= 15 is 0 Å². The van der Waals surface area contributed by atoms with Crippen LogP contribution in [0.3, 0.4) is 0 Å². The van der Waals surface area contributed by atoms with Gasteiger partial charge in [-0.1, -0.05) is 30.3 Å². The Morgan fingerprint density at radius 3 is 2.55 bits per heavy atom. The van der Waals surface area contributed by atoms with Crippen LogP contribution in [0.5, 0.6) is 0 Å². The summed E-state index contributed by atoms with van der Waals surface area (Å²) in [4.78, 5) is 27.5. The van der Waals surface area contributed by atoms with Crippen molar-refractivity contribution in [3.05, 3.63) is 35.9 Å². The van der Waals surface area contributed by atoms with Gasteiger partial charge in [0.2, 0.25) is 0 Å². The first-order chi connectivity index (χ1) is 10.5. The van der Waals surface area contributed by atoms with E-state index in [0.717, 1.165) is 36.4 Å². The predicted molar refractivity (Wildman–Crippen MR) is 80.0 cm³/mol. The number of aliphatic hydroxyl groups is 1. The topological polar surface area (TPSA) is 74.1 Å². The zero-order valence-electron chi connectivity index (χ0n) is 12.7. The number of hydrogen-bond donors (Lipinski definition) is 3. The molecule has 0 spiro atoms. The number of urea groups is 1. The van der Waals surface area contributed by atoms with E-state index in [2.05, 4.69) is 5.32 Å². The third-order valence-corrected chi connectivity index (χ3v) is 4.67. The van der Waals surface area contributed by atoms with Gasteiger partial charge < -0.3 is 15.3 Å². The second kappa shape index (κ2) is 5.70. The third-order valence-electron chi connectivity index (χ3n) is 4.67. The van der Waals surface area contributed by atoms with Crippen molar-refractivity contribution in [2.24, 2.45) is 0 Å². The zero-order chi connectivity index (χ0) is 15.7.